The maximum Gasteiger partial charge on any atom is 1.00 e. The van der Waals surface area contributed by atoms with Crippen molar-refractivity contribution < 1.29 is 73.4 Å². The topological polar surface area (TPSA) is 23.1 Å². The molecule has 0 spiro atoms. The van der Waals surface area contributed by atoms with Crippen molar-refractivity contribution in [2.24, 2.45) is 0 Å². The Hall–Kier alpha value is 1.45. The van der Waals surface area contributed by atoms with Crippen LogP contribution in [0.15, 0.2) is 35.2 Å². The van der Waals surface area contributed by atoms with E-state index in [9.17, 15) is 4.55 Å². The summed E-state index contributed by atoms with van der Waals surface area (Å²) in [5.41, 5.74) is 0. The van der Waals surface area contributed by atoms with Crippen LogP contribution in [0.2, 0.25) is 0 Å². The van der Waals surface area contributed by atoms with Crippen molar-refractivity contribution >= 4 is 16.6 Å². The van der Waals surface area contributed by atoms with E-state index in [0.717, 1.165) is 4.90 Å². The fourth-order valence-electron chi connectivity index (χ4n) is 0.572. The van der Waals surface area contributed by atoms with Gasteiger partial charge in [0.1, 0.15) is 0 Å². The normalized spacial score (nSPS) is 11.7. The fourth-order valence-corrected chi connectivity index (χ4v) is 1.03. The molecule has 1 aromatic rings. The molecule has 0 aliphatic carbocycles. The number of rotatable bonds is 1. The van der Waals surface area contributed by atoms with E-state index in [1.54, 1.807) is 12.1 Å². The van der Waals surface area contributed by atoms with Gasteiger partial charge in [0.15, 0.2) is 0 Å². The van der Waals surface area contributed by atoms with Gasteiger partial charge in [-0.2, -0.15) is 0 Å². The summed E-state index contributed by atoms with van der Waals surface area (Å²) in [6.45, 7) is 0. The molecule has 0 N–H and O–H groups in total. The predicted octanol–water partition coefficient (Wildman–Crippen LogP) is -1.12. The van der Waals surface area contributed by atoms with E-state index in [-0.39, 0.29) is 68.9 Å². The van der Waals surface area contributed by atoms with Crippen LogP contribution in [-0.2, 0) is 0 Å². The zero-order chi connectivity index (χ0) is 6.69. The summed E-state index contributed by atoms with van der Waals surface area (Å²) in [7, 11) is -1.08. The Morgan fingerprint density at radius 1 is 1.20 bits per heavy atom. The van der Waals surface area contributed by atoms with Gasteiger partial charge in [0.25, 0.3) is 0 Å². The van der Waals surface area contributed by atoms with Gasteiger partial charge in [-0.15, -0.1) is 0 Å². The molecule has 10 heavy (non-hydrogen) atoms. The zero-order valence-corrected chi connectivity index (χ0v) is 13.0. The number of hydrogen-bond donors (Lipinski definition) is 0. The first-order valence-electron chi connectivity index (χ1n) is 2.57. The van der Waals surface area contributed by atoms with Crippen molar-refractivity contribution in [2.45, 2.75) is 4.90 Å². The summed E-state index contributed by atoms with van der Waals surface area (Å²) in [5.74, 6) is 3.38. The molecule has 1 aromatic carbocycles. The van der Waals surface area contributed by atoms with Gasteiger partial charge < -0.3 is 4.55 Å². The SMILES string of the molecule is C=S([O-])c1ccccc1.[Cs+]. The molecule has 0 aromatic heterocycles. The Morgan fingerprint density at radius 3 is 2.00 bits per heavy atom. The van der Waals surface area contributed by atoms with E-state index < -0.39 is 10.8 Å². The van der Waals surface area contributed by atoms with Gasteiger partial charge >= 0.3 is 68.9 Å². The Bertz CT molecular complexity index is 210. The van der Waals surface area contributed by atoms with Crippen LogP contribution in [0.1, 0.15) is 0 Å². The molecule has 0 fully saturated rings. The van der Waals surface area contributed by atoms with E-state index in [0.29, 0.717) is 0 Å². The minimum Gasteiger partial charge on any atom is -0.799 e. The largest absolute Gasteiger partial charge is 1.00 e. The standard InChI is InChI=1S/C7H7OS.Cs/c1-9(8)7-5-3-2-4-6-7;/h2-6H,1H2;/q-1;+1. The zero-order valence-electron chi connectivity index (χ0n) is 5.91. The molecule has 48 valence electrons. The second-order valence-corrected chi connectivity index (χ2v) is 2.82. The van der Waals surface area contributed by atoms with Crippen molar-refractivity contribution in [3.63, 3.8) is 0 Å². The second kappa shape index (κ2) is 6.02. The third-order valence-electron chi connectivity index (χ3n) is 1.01. The van der Waals surface area contributed by atoms with Crippen molar-refractivity contribution in [3.05, 3.63) is 30.3 Å². The van der Waals surface area contributed by atoms with Crippen LogP contribution in [0.25, 0.3) is 0 Å². The van der Waals surface area contributed by atoms with Gasteiger partial charge in [0.05, 0.1) is 0 Å². The minimum atomic E-state index is -1.08. The van der Waals surface area contributed by atoms with E-state index in [1.165, 1.54) is 0 Å². The summed E-state index contributed by atoms with van der Waals surface area (Å²) < 4.78 is 10.6. The molecule has 0 bridgehead atoms. The van der Waals surface area contributed by atoms with Crippen LogP contribution in [0.5, 0.6) is 0 Å². The summed E-state index contributed by atoms with van der Waals surface area (Å²) in [4.78, 5) is 0.775. The van der Waals surface area contributed by atoms with Crippen molar-refractivity contribution in [2.75, 3.05) is 0 Å². The second-order valence-electron chi connectivity index (χ2n) is 1.66. The van der Waals surface area contributed by atoms with Crippen LogP contribution < -0.4 is 68.9 Å². The fraction of sp³-hybridized carbons (Fsp3) is 0. The molecule has 0 aliphatic rings. The molecule has 0 saturated carbocycles. The predicted molar refractivity (Wildman–Crippen MR) is 40.2 cm³/mol. The molecule has 0 heterocycles. The van der Waals surface area contributed by atoms with Crippen molar-refractivity contribution in [1.29, 1.82) is 0 Å². The number of hydrogen-bond acceptors (Lipinski definition) is 1. The van der Waals surface area contributed by atoms with Crippen LogP contribution in [0, 0.1) is 0 Å². The van der Waals surface area contributed by atoms with Crippen LogP contribution in [-0.4, -0.2) is 10.4 Å². The van der Waals surface area contributed by atoms with Gasteiger partial charge in [0, 0.05) is 0 Å². The van der Waals surface area contributed by atoms with Gasteiger partial charge in [-0.25, -0.2) is 0 Å². The molecule has 1 nitrogen and oxygen atoms in total. The molecular weight excluding hydrogens is 265 g/mol. The van der Waals surface area contributed by atoms with Crippen LogP contribution in [0.3, 0.4) is 0 Å². The molecule has 1 rings (SSSR count). The third kappa shape index (κ3) is 3.73. The first-order chi connectivity index (χ1) is 4.30. The van der Waals surface area contributed by atoms with Gasteiger partial charge in [-0.05, 0) is 4.90 Å². The monoisotopic (exact) mass is 272 g/mol. The Balaban J connectivity index is 0.000000810. The van der Waals surface area contributed by atoms with E-state index >= 15 is 0 Å². The first-order valence-corrected chi connectivity index (χ1v) is 3.89. The van der Waals surface area contributed by atoms with E-state index in [1.807, 2.05) is 18.2 Å². The minimum absolute atomic E-state index is 0. The summed E-state index contributed by atoms with van der Waals surface area (Å²) in [6, 6.07) is 9.17. The number of benzene rings is 1. The maximum atomic E-state index is 10.6. The van der Waals surface area contributed by atoms with E-state index in [4.69, 9.17) is 0 Å². The third-order valence-corrected chi connectivity index (χ3v) is 1.80. The van der Waals surface area contributed by atoms with Crippen LogP contribution >= 0.6 is 10.8 Å². The molecule has 1 atom stereocenters. The summed E-state index contributed by atoms with van der Waals surface area (Å²) >= 11 is 0. The first kappa shape index (κ1) is 11.5. The molecule has 1 unspecified atom stereocenters. The average molecular weight is 272 g/mol. The molecule has 0 radical (unpaired) electrons. The van der Waals surface area contributed by atoms with Gasteiger partial charge in [-0.3, -0.25) is 10.8 Å². The molecule has 0 amide bonds. The average Bonchev–Trinajstić information content (AvgIpc) is 1.90. The molecular formula is C7H7CsOS. The quantitative estimate of drug-likeness (QED) is 0.594. The summed E-state index contributed by atoms with van der Waals surface area (Å²) in [6.07, 6.45) is 0. The smallest absolute Gasteiger partial charge is 0.799 e. The Morgan fingerprint density at radius 2 is 1.70 bits per heavy atom. The van der Waals surface area contributed by atoms with Crippen molar-refractivity contribution in [1.82, 2.24) is 0 Å². The van der Waals surface area contributed by atoms with Gasteiger partial charge in [0.2, 0.25) is 0 Å². The Kier molecular flexibility index (Phi) is 6.90. The van der Waals surface area contributed by atoms with E-state index in [2.05, 4.69) is 5.87 Å². The van der Waals surface area contributed by atoms with Crippen molar-refractivity contribution in [3.8, 4) is 0 Å². The Labute approximate surface area is 122 Å². The molecule has 0 aliphatic heterocycles. The summed E-state index contributed by atoms with van der Waals surface area (Å²) in [5, 5.41) is 0. The van der Waals surface area contributed by atoms with Crippen LogP contribution in [0.4, 0.5) is 0 Å². The molecule has 0 saturated heterocycles. The molecule has 3 heteroatoms. The van der Waals surface area contributed by atoms with Gasteiger partial charge in [-0.1, -0.05) is 36.2 Å². The maximum absolute atomic E-state index is 10.6.